The van der Waals surface area contributed by atoms with Crippen LogP contribution in [0, 0.1) is 17.5 Å². The highest BCUT2D eigenvalue weighted by Crippen LogP contribution is 2.27. The van der Waals surface area contributed by atoms with E-state index in [1.807, 2.05) is 18.7 Å². The number of benzene rings is 1. The minimum absolute atomic E-state index is 0.0416. The van der Waals surface area contributed by atoms with E-state index in [4.69, 9.17) is 4.74 Å². The molecular formula is C15H20F3NO2. The molecule has 1 aromatic rings. The van der Waals surface area contributed by atoms with Crippen molar-refractivity contribution in [3.63, 3.8) is 0 Å². The number of halogens is 3. The van der Waals surface area contributed by atoms with Gasteiger partial charge in [0.25, 0.3) is 0 Å². The molecule has 0 aromatic heterocycles. The molecule has 1 aromatic carbocycles. The molecule has 0 bridgehead atoms. The number of hydrogen-bond donors (Lipinski definition) is 0. The van der Waals surface area contributed by atoms with E-state index >= 15 is 0 Å². The first kappa shape index (κ1) is 17.5. The molecule has 0 fully saturated rings. The van der Waals surface area contributed by atoms with Crippen LogP contribution in [0.4, 0.5) is 13.2 Å². The summed E-state index contributed by atoms with van der Waals surface area (Å²) in [4.78, 5) is 13.6. The largest absolute Gasteiger partial charge is 0.466 e. The fourth-order valence-corrected chi connectivity index (χ4v) is 2.27. The highest BCUT2D eigenvalue weighted by atomic mass is 19.2. The van der Waals surface area contributed by atoms with Gasteiger partial charge in [-0.25, -0.2) is 13.2 Å². The Morgan fingerprint density at radius 3 is 2.10 bits per heavy atom. The number of nitrogens with zero attached hydrogens (tertiary/aromatic N) is 1. The Labute approximate surface area is 122 Å². The number of ether oxygens (including phenoxy) is 1. The van der Waals surface area contributed by atoms with Gasteiger partial charge in [-0.1, -0.05) is 13.8 Å². The van der Waals surface area contributed by atoms with E-state index in [0.717, 1.165) is 12.1 Å². The predicted molar refractivity (Wildman–Crippen MR) is 73.2 cm³/mol. The van der Waals surface area contributed by atoms with Crippen molar-refractivity contribution in [2.45, 2.75) is 33.2 Å². The Morgan fingerprint density at radius 2 is 1.67 bits per heavy atom. The molecule has 21 heavy (non-hydrogen) atoms. The SMILES string of the molecule is CCOC(=O)CC(c1cc(F)c(F)c(F)c1)N(CC)CC. The van der Waals surface area contributed by atoms with E-state index in [2.05, 4.69) is 0 Å². The van der Waals surface area contributed by atoms with Gasteiger partial charge in [-0.2, -0.15) is 0 Å². The third kappa shape index (κ3) is 4.46. The summed E-state index contributed by atoms with van der Waals surface area (Å²) in [5.74, 6) is -4.48. The summed E-state index contributed by atoms with van der Waals surface area (Å²) in [5.41, 5.74) is 0.225. The van der Waals surface area contributed by atoms with Crippen molar-refractivity contribution in [3.8, 4) is 0 Å². The number of carbonyl (C=O) groups excluding carboxylic acids is 1. The summed E-state index contributed by atoms with van der Waals surface area (Å²) >= 11 is 0. The molecule has 0 spiro atoms. The fraction of sp³-hybridized carbons (Fsp3) is 0.533. The number of carbonyl (C=O) groups is 1. The average Bonchev–Trinajstić information content (AvgIpc) is 2.44. The second kappa shape index (κ2) is 8.02. The smallest absolute Gasteiger partial charge is 0.307 e. The van der Waals surface area contributed by atoms with Gasteiger partial charge in [-0.15, -0.1) is 0 Å². The lowest BCUT2D eigenvalue weighted by molar-refractivity contribution is -0.144. The zero-order valence-electron chi connectivity index (χ0n) is 12.5. The maximum atomic E-state index is 13.4. The van der Waals surface area contributed by atoms with E-state index in [0.29, 0.717) is 13.1 Å². The lowest BCUT2D eigenvalue weighted by Crippen LogP contribution is -2.31. The molecule has 6 heteroatoms. The first-order chi connectivity index (χ1) is 9.94. The van der Waals surface area contributed by atoms with E-state index < -0.39 is 29.5 Å². The van der Waals surface area contributed by atoms with Crippen molar-refractivity contribution in [2.24, 2.45) is 0 Å². The van der Waals surface area contributed by atoms with Crippen molar-refractivity contribution in [1.29, 1.82) is 0 Å². The minimum atomic E-state index is -1.51. The summed E-state index contributed by atoms with van der Waals surface area (Å²) in [7, 11) is 0. The zero-order chi connectivity index (χ0) is 16.0. The molecular weight excluding hydrogens is 283 g/mol. The summed E-state index contributed by atoms with van der Waals surface area (Å²) < 4.78 is 44.8. The molecule has 0 saturated carbocycles. The monoisotopic (exact) mass is 303 g/mol. The van der Waals surface area contributed by atoms with Crippen LogP contribution in [0.5, 0.6) is 0 Å². The molecule has 3 nitrogen and oxygen atoms in total. The van der Waals surface area contributed by atoms with Crippen LogP contribution in [0.2, 0.25) is 0 Å². The van der Waals surface area contributed by atoms with Gasteiger partial charge in [-0.05, 0) is 37.7 Å². The first-order valence-corrected chi connectivity index (χ1v) is 6.98. The highest BCUT2D eigenvalue weighted by Gasteiger charge is 2.24. The molecule has 1 unspecified atom stereocenters. The topological polar surface area (TPSA) is 29.5 Å². The quantitative estimate of drug-likeness (QED) is 0.571. The third-order valence-corrected chi connectivity index (χ3v) is 3.31. The minimum Gasteiger partial charge on any atom is -0.466 e. The molecule has 0 N–H and O–H groups in total. The molecule has 0 aliphatic carbocycles. The van der Waals surface area contributed by atoms with Gasteiger partial charge in [0, 0.05) is 6.04 Å². The van der Waals surface area contributed by atoms with Crippen LogP contribution in [0.3, 0.4) is 0 Å². The van der Waals surface area contributed by atoms with E-state index in [9.17, 15) is 18.0 Å². The van der Waals surface area contributed by atoms with Gasteiger partial charge in [0.05, 0.1) is 13.0 Å². The molecule has 0 aliphatic rings. The van der Waals surface area contributed by atoms with E-state index in [-0.39, 0.29) is 18.6 Å². The van der Waals surface area contributed by atoms with Crippen LogP contribution >= 0.6 is 0 Å². The van der Waals surface area contributed by atoms with E-state index in [1.165, 1.54) is 0 Å². The average molecular weight is 303 g/mol. The molecule has 1 rings (SSSR count). The molecule has 0 amide bonds. The van der Waals surface area contributed by atoms with Crippen molar-refractivity contribution in [2.75, 3.05) is 19.7 Å². The van der Waals surface area contributed by atoms with Crippen LogP contribution in [0.15, 0.2) is 12.1 Å². The molecule has 1 atom stereocenters. The van der Waals surface area contributed by atoms with Crippen molar-refractivity contribution in [1.82, 2.24) is 4.90 Å². The predicted octanol–water partition coefficient (Wildman–Crippen LogP) is 3.44. The first-order valence-electron chi connectivity index (χ1n) is 6.98. The number of rotatable bonds is 7. The third-order valence-electron chi connectivity index (χ3n) is 3.31. The molecule has 0 aliphatic heterocycles. The lowest BCUT2D eigenvalue weighted by Gasteiger charge is -2.29. The molecule has 0 heterocycles. The normalized spacial score (nSPS) is 12.5. The molecule has 0 saturated heterocycles. The van der Waals surface area contributed by atoms with Gasteiger partial charge in [0.2, 0.25) is 0 Å². The van der Waals surface area contributed by atoms with Crippen LogP contribution in [-0.2, 0) is 9.53 Å². The Bertz CT molecular complexity index is 467. The van der Waals surface area contributed by atoms with Gasteiger partial charge in [0.1, 0.15) is 0 Å². The number of hydrogen-bond acceptors (Lipinski definition) is 3. The maximum Gasteiger partial charge on any atom is 0.307 e. The van der Waals surface area contributed by atoms with Crippen molar-refractivity contribution in [3.05, 3.63) is 35.1 Å². The highest BCUT2D eigenvalue weighted by molar-refractivity contribution is 5.70. The van der Waals surface area contributed by atoms with Crippen molar-refractivity contribution >= 4 is 5.97 Å². The Morgan fingerprint density at radius 1 is 1.14 bits per heavy atom. The van der Waals surface area contributed by atoms with Gasteiger partial charge >= 0.3 is 5.97 Å². The lowest BCUT2D eigenvalue weighted by atomic mass is 10.0. The van der Waals surface area contributed by atoms with Crippen molar-refractivity contribution < 1.29 is 22.7 Å². The van der Waals surface area contributed by atoms with Crippen LogP contribution in [-0.4, -0.2) is 30.6 Å². The Hall–Kier alpha value is -1.56. The standard InChI is InChI=1S/C15H20F3NO2/c1-4-19(5-2)13(9-14(20)21-6-3)10-7-11(16)15(18)12(17)8-10/h7-8,13H,4-6,9H2,1-3H3. The summed E-state index contributed by atoms with van der Waals surface area (Å²) in [6.45, 7) is 6.83. The molecule has 118 valence electrons. The van der Waals surface area contributed by atoms with Crippen LogP contribution in [0.25, 0.3) is 0 Å². The van der Waals surface area contributed by atoms with Gasteiger partial charge in [0.15, 0.2) is 17.5 Å². The van der Waals surface area contributed by atoms with Crippen LogP contribution in [0.1, 0.15) is 38.8 Å². The maximum absolute atomic E-state index is 13.4. The zero-order valence-corrected chi connectivity index (χ0v) is 12.5. The number of esters is 1. The van der Waals surface area contributed by atoms with Gasteiger partial charge < -0.3 is 4.74 Å². The Balaban J connectivity index is 3.14. The van der Waals surface area contributed by atoms with Gasteiger partial charge in [-0.3, -0.25) is 9.69 Å². The second-order valence-corrected chi connectivity index (χ2v) is 4.54. The summed E-state index contributed by atoms with van der Waals surface area (Å²) in [6.07, 6.45) is -0.0416. The fourth-order valence-electron chi connectivity index (χ4n) is 2.27. The Kier molecular flexibility index (Phi) is 6.68. The van der Waals surface area contributed by atoms with Crippen LogP contribution < -0.4 is 0 Å². The second-order valence-electron chi connectivity index (χ2n) is 4.54. The summed E-state index contributed by atoms with van der Waals surface area (Å²) in [6, 6.07) is 1.31. The summed E-state index contributed by atoms with van der Waals surface area (Å²) in [5, 5.41) is 0. The molecule has 0 radical (unpaired) electrons. The van der Waals surface area contributed by atoms with E-state index in [1.54, 1.807) is 6.92 Å².